The second kappa shape index (κ2) is 9.22. The Balaban J connectivity index is 2.18. The van der Waals surface area contributed by atoms with E-state index in [-0.39, 0.29) is 11.3 Å². The van der Waals surface area contributed by atoms with Crippen LogP contribution in [-0.4, -0.2) is 68.0 Å². The number of hydrogen-bond donors (Lipinski definition) is 1. The average molecular weight is 424 g/mol. The number of likely N-dealkylation sites (tertiary alicyclic amines) is 1. The fourth-order valence-electron chi connectivity index (χ4n) is 3.65. The molecule has 1 saturated heterocycles. The molecule has 1 heterocycles. The number of nitrogens with zero attached hydrogens (tertiary/aromatic N) is 2. The first kappa shape index (κ1) is 22.4. The van der Waals surface area contributed by atoms with Gasteiger partial charge in [-0.25, -0.2) is 0 Å². The maximum absolute atomic E-state index is 13.0. The summed E-state index contributed by atoms with van der Waals surface area (Å²) in [7, 11) is 6.86. The summed E-state index contributed by atoms with van der Waals surface area (Å²) in [6.45, 7) is 2.84. The Hall–Kier alpha value is -3.32. The van der Waals surface area contributed by atoms with Crippen molar-refractivity contribution in [3.8, 4) is 11.5 Å². The zero-order valence-corrected chi connectivity index (χ0v) is 18.5. The minimum absolute atomic E-state index is 0.0693. The molecule has 1 amide bonds. The summed E-state index contributed by atoms with van der Waals surface area (Å²) in [4.78, 5) is 29.4. The number of carbonyl (C=O) groups excluding carboxylic acids is 2. The number of aryl methyl sites for hydroxylation is 1. The molecule has 0 spiro atoms. The zero-order valence-electron chi connectivity index (χ0n) is 18.5. The highest BCUT2D eigenvalue weighted by Crippen LogP contribution is 2.41. The predicted octanol–water partition coefficient (Wildman–Crippen LogP) is 3.00. The molecule has 1 fully saturated rings. The van der Waals surface area contributed by atoms with Gasteiger partial charge in [0.15, 0.2) is 11.5 Å². The van der Waals surface area contributed by atoms with Crippen LogP contribution in [0.15, 0.2) is 48.0 Å². The van der Waals surface area contributed by atoms with Gasteiger partial charge in [0.1, 0.15) is 5.76 Å². The molecule has 7 heteroatoms. The summed E-state index contributed by atoms with van der Waals surface area (Å²) < 4.78 is 10.7. The summed E-state index contributed by atoms with van der Waals surface area (Å²) in [6, 6.07) is 11.7. The van der Waals surface area contributed by atoms with Crippen LogP contribution in [0.5, 0.6) is 11.5 Å². The molecule has 2 aromatic carbocycles. The van der Waals surface area contributed by atoms with Crippen molar-refractivity contribution in [2.45, 2.75) is 13.0 Å². The summed E-state index contributed by atoms with van der Waals surface area (Å²) in [5.74, 6) is -0.499. The van der Waals surface area contributed by atoms with E-state index in [9.17, 15) is 14.7 Å². The highest BCUT2D eigenvalue weighted by molar-refractivity contribution is 6.46. The number of ether oxygens (including phenoxy) is 2. The first-order valence-electron chi connectivity index (χ1n) is 10.0. The van der Waals surface area contributed by atoms with Crippen molar-refractivity contribution in [1.29, 1.82) is 0 Å². The van der Waals surface area contributed by atoms with Crippen LogP contribution >= 0.6 is 0 Å². The van der Waals surface area contributed by atoms with Crippen LogP contribution in [0.25, 0.3) is 5.76 Å². The Kier molecular flexibility index (Phi) is 6.65. The summed E-state index contributed by atoms with van der Waals surface area (Å²) in [5.41, 5.74) is 2.24. The zero-order chi connectivity index (χ0) is 22.7. The monoisotopic (exact) mass is 424 g/mol. The third kappa shape index (κ3) is 4.41. The highest BCUT2D eigenvalue weighted by atomic mass is 16.5. The quantitative estimate of drug-likeness (QED) is 0.418. The first-order chi connectivity index (χ1) is 14.8. The number of hydrogen-bond acceptors (Lipinski definition) is 6. The molecule has 0 saturated carbocycles. The van der Waals surface area contributed by atoms with E-state index in [2.05, 4.69) is 0 Å². The number of ketones is 1. The normalized spacial score (nSPS) is 18.0. The standard InChI is InChI=1S/C24H28N2O5/c1-15-6-8-16(9-7-15)22(27)20-21(17-10-11-18(30-4)19(14-17)31-5)26(13-12-25(2)3)24(29)23(20)28/h6-11,14,21,27H,12-13H2,1-5H3/t21-/m0/s1. The molecule has 1 N–H and O–H groups in total. The fraction of sp³-hybridized carbons (Fsp3) is 0.333. The molecule has 0 aromatic heterocycles. The lowest BCUT2D eigenvalue weighted by atomic mass is 9.94. The van der Waals surface area contributed by atoms with Crippen LogP contribution in [0.3, 0.4) is 0 Å². The van der Waals surface area contributed by atoms with E-state index in [1.807, 2.05) is 38.1 Å². The minimum atomic E-state index is -0.735. The molecule has 7 nitrogen and oxygen atoms in total. The van der Waals surface area contributed by atoms with Gasteiger partial charge in [0.2, 0.25) is 0 Å². The van der Waals surface area contributed by atoms with E-state index in [0.717, 1.165) is 5.56 Å². The number of aliphatic hydroxyl groups is 1. The number of aliphatic hydroxyl groups excluding tert-OH is 1. The molecule has 0 unspecified atom stereocenters. The van der Waals surface area contributed by atoms with Crippen molar-refractivity contribution in [3.05, 3.63) is 64.7 Å². The van der Waals surface area contributed by atoms with Gasteiger partial charge in [0.05, 0.1) is 25.8 Å². The maximum Gasteiger partial charge on any atom is 0.295 e. The van der Waals surface area contributed by atoms with Gasteiger partial charge >= 0.3 is 0 Å². The van der Waals surface area contributed by atoms with Gasteiger partial charge in [-0.3, -0.25) is 9.59 Å². The number of amides is 1. The molecule has 164 valence electrons. The molecule has 1 atom stereocenters. The van der Waals surface area contributed by atoms with Crippen LogP contribution in [0.1, 0.15) is 22.7 Å². The molecule has 3 rings (SSSR count). The van der Waals surface area contributed by atoms with Crippen LogP contribution in [0, 0.1) is 6.92 Å². The maximum atomic E-state index is 13.0. The Morgan fingerprint density at radius 2 is 1.68 bits per heavy atom. The van der Waals surface area contributed by atoms with Crippen LogP contribution < -0.4 is 9.47 Å². The largest absolute Gasteiger partial charge is 0.507 e. The van der Waals surface area contributed by atoms with Gasteiger partial charge in [0, 0.05) is 18.7 Å². The van der Waals surface area contributed by atoms with E-state index in [1.165, 1.54) is 19.1 Å². The summed E-state index contributed by atoms with van der Waals surface area (Å²) in [5, 5.41) is 11.1. The summed E-state index contributed by atoms with van der Waals surface area (Å²) in [6.07, 6.45) is 0. The van der Waals surface area contributed by atoms with E-state index in [1.54, 1.807) is 30.3 Å². The van der Waals surface area contributed by atoms with E-state index in [4.69, 9.17) is 9.47 Å². The SMILES string of the molecule is COc1ccc([C@H]2C(=C(O)c3ccc(C)cc3)C(=O)C(=O)N2CCN(C)C)cc1OC. The van der Waals surface area contributed by atoms with Gasteiger partial charge in [-0.1, -0.05) is 35.9 Å². The van der Waals surface area contributed by atoms with Crippen molar-refractivity contribution in [2.75, 3.05) is 41.4 Å². The molecule has 0 aliphatic carbocycles. The van der Waals surface area contributed by atoms with Crippen LogP contribution in [0.4, 0.5) is 0 Å². The Morgan fingerprint density at radius 1 is 1.03 bits per heavy atom. The summed E-state index contributed by atoms with van der Waals surface area (Å²) >= 11 is 0. The fourth-order valence-corrected chi connectivity index (χ4v) is 3.65. The Morgan fingerprint density at radius 3 is 2.26 bits per heavy atom. The van der Waals surface area contributed by atoms with Crippen molar-refractivity contribution < 1.29 is 24.2 Å². The Bertz CT molecular complexity index is 1010. The second-order valence-electron chi connectivity index (χ2n) is 7.78. The topological polar surface area (TPSA) is 79.3 Å². The van der Waals surface area contributed by atoms with E-state index >= 15 is 0 Å². The lowest BCUT2D eigenvalue weighted by Gasteiger charge is -2.27. The van der Waals surface area contributed by atoms with Crippen molar-refractivity contribution >= 4 is 17.4 Å². The van der Waals surface area contributed by atoms with Gasteiger partial charge in [0.25, 0.3) is 11.7 Å². The number of likely N-dealkylation sites (N-methyl/N-ethyl adjacent to an activating group) is 1. The predicted molar refractivity (Wildman–Crippen MR) is 118 cm³/mol. The molecular formula is C24H28N2O5. The third-order valence-electron chi connectivity index (χ3n) is 5.38. The van der Waals surface area contributed by atoms with Crippen molar-refractivity contribution in [2.24, 2.45) is 0 Å². The molecule has 2 aromatic rings. The number of carbonyl (C=O) groups is 2. The van der Waals surface area contributed by atoms with Gasteiger partial charge < -0.3 is 24.4 Å². The highest BCUT2D eigenvalue weighted by Gasteiger charge is 2.46. The lowest BCUT2D eigenvalue weighted by molar-refractivity contribution is -0.140. The number of methoxy groups -OCH3 is 2. The van der Waals surface area contributed by atoms with E-state index < -0.39 is 17.7 Å². The number of rotatable bonds is 7. The smallest absolute Gasteiger partial charge is 0.295 e. The first-order valence-corrected chi connectivity index (χ1v) is 10.0. The molecule has 0 radical (unpaired) electrons. The molecular weight excluding hydrogens is 396 g/mol. The average Bonchev–Trinajstić information content (AvgIpc) is 3.01. The van der Waals surface area contributed by atoms with Crippen LogP contribution in [0.2, 0.25) is 0 Å². The van der Waals surface area contributed by atoms with Crippen molar-refractivity contribution in [3.63, 3.8) is 0 Å². The molecule has 0 bridgehead atoms. The van der Waals surface area contributed by atoms with Gasteiger partial charge in [-0.05, 0) is 38.7 Å². The van der Waals surface area contributed by atoms with Crippen LogP contribution in [-0.2, 0) is 9.59 Å². The number of Topliss-reactive ketones (excluding diaryl/α,β-unsaturated/α-hetero) is 1. The van der Waals surface area contributed by atoms with Gasteiger partial charge in [-0.15, -0.1) is 0 Å². The van der Waals surface area contributed by atoms with Gasteiger partial charge in [-0.2, -0.15) is 0 Å². The third-order valence-corrected chi connectivity index (χ3v) is 5.38. The van der Waals surface area contributed by atoms with E-state index in [0.29, 0.717) is 35.7 Å². The lowest BCUT2D eigenvalue weighted by Crippen LogP contribution is -2.35. The second-order valence-corrected chi connectivity index (χ2v) is 7.78. The molecule has 31 heavy (non-hydrogen) atoms. The van der Waals surface area contributed by atoms with Crippen molar-refractivity contribution in [1.82, 2.24) is 9.80 Å². The molecule has 1 aliphatic rings. The molecule has 1 aliphatic heterocycles. The minimum Gasteiger partial charge on any atom is -0.507 e. The Labute approximate surface area is 182 Å². The number of benzene rings is 2.